The van der Waals surface area contributed by atoms with E-state index in [0.29, 0.717) is 33.9 Å². The van der Waals surface area contributed by atoms with Crippen molar-refractivity contribution in [3.63, 3.8) is 0 Å². The molecule has 0 radical (unpaired) electrons. The molecule has 1 heterocycles. The second kappa shape index (κ2) is 12.1. The summed E-state index contributed by atoms with van der Waals surface area (Å²) in [6.07, 6.45) is 2.17. The lowest BCUT2D eigenvalue weighted by molar-refractivity contribution is 0.0488. The van der Waals surface area contributed by atoms with E-state index in [4.69, 9.17) is 21.1 Å². The largest absolute Gasteiger partial charge is 0.493 e. The number of alkyl halides is 1. The molecule has 0 aliphatic heterocycles. The molecule has 1 fully saturated rings. The minimum Gasteiger partial charge on any atom is -0.493 e. The van der Waals surface area contributed by atoms with Crippen LogP contribution in [0.4, 0.5) is 8.78 Å². The maximum absolute atomic E-state index is 13.8. The number of amides is 1. The van der Waals surface area contributed by atoms with Crippen LogP contribution in [0.25, 0.3) is 11.3 Å². The standard InChI is InChI=1S/C30H34ClF2N3O4/c1-29(2,35-12-11-32)20-15-24(18-5-9-23(33)22(31)13-18)36-27(16-20)30(3,38)17-34-28(37)19-6-10-25(26(14-19)39-4)40-21-7-8-21/h5-6,9-10,13-16,21,35,38H,7-8,11-12,17H2,1-4H3,(H,34,37). The smallest absolute Gasteiger partial charge is 0.251 e. The zero-order valence-electron chi connectivity index (χ0n) is 23.0. The van der Waals surface area contributed by atoms with Crippen molar-refractivity contribution < 1.29 is 28.2 Å². The van der Waals surface area contributed by atoms with Crippen molar-refractivity contribution >= 4 is 17.5 Å². The summed E-state index contributed by atoms with van der Waals surface area (Å²) in [7, 11) is 1.51. The van der Waals surface area contributed by atoms with Gasteiger partial charge in [0.1, 0.15) is 18.1 Å². The highest BCUT2D eigenvalue weighted by Gasteiger charge is 2.30. The van der Waals surface area contributed by atoms with Crippen LogP contribution >= 0.6 is 11.6 Å². The lowest BCUT2D eigenvalue weighted by Gasteiger charge is -2.30. The van der Waals surface area contributed by atoms with Gasteiger partial charge in [-0.3, -0.25) is 4.79 Å². The fourth-order valence-corrected chi connectivity index (χ4v) is 4.33. The van der Waals surface area contributed by atoms with Crippen molar-refractivity contribution in [3.8, 4) is 22.8 Å². The monoisotopic (exact) mass is 573 g/mol. The SMILES string of the molecule is COc1cc(C(=O)NCC(C)(O)c2cc(C(C)(C)NCCF)cc(-c3ccc(F)c(Cl)c3)n2)ccc1OC1CC1. The molecule has 10 heteroatoms. The molecule has 0 bridgehead atoms. The molecule has 1 aromatic heterocycles. The molecule has 3 N–H and O–H groups in total. The van der Waals surface area contributed by atoms with Crippen LogP contribution in [0.15, 0.2) is 48.5 Å². The number of nitrogens with one attached hydrogen (secondary N) is 2. The van der Waals surface area contributed by atoms with E-state index in [1.54, 1.807) is 36.4 Å². The fourth-order valence-electron chi connectivity index (χ4n) is 4.15. The van der Waals surface area contributed by atoms with Crippen LogP contribution in [0.1, 0.15) is 55.2 Å². The zero-order chi connectivity index (χ0) is 29.1. The minimum atomic E-state index is -1.60. The number of methoxy groups -OCH3 is 1. The van der Waals surface area contributed by atoms with Crippen LogP contribution in [0.5, 0.6) is 11.5 Å². The Morgan fingerprint density at radius 1 is 1.12 bits per heavy atom. The van der Waals surface area contributed by atoms with Crippen molar-refractivity contribution in [2.45, 2.75) is 50.9 Å². The number of halogens is 3. The normalized spacial score (nSPS) is 14.9. The summed E-state index contributed by atoms with van der Waals surface area (Å²) in [4.78, 5) is 17.6. The molecule has 1 aliphatic rings. The number of pyridine rings is 1. The number of hydrogen-bond acceptors (Lipinski definition) is 6. The van der Waals surface area contributed by atoms with Gasteiger partial charge in [-0.2, -0.15) is 0 Å². The van der Waals surface area contributed by atoms with E-state index in [9.17, 15) is 18.7 Å². The Morgan fingerprint density at radius 2 is 1.88 bits per heavy atom. The van der Waals surface area contributed by atoms with E-state index in [0.717, 1.165) is 12.8 Å². The topological polar surface area (TPSA) is 92.7 Å². The third-order valence-corrected chi connectivity index (χ3v) is 7.10. The molecule has 2 aromatic carbocycles. The molecule has 0 spiro atoms. The molecule has 3 aromatic rings. The first-order chi connectivity index (χ1) is 18.9. The third kappa shape index (κ3) is 7.08. The average molecular weight is 574 g/mol. The molecule has 1 atom stereocenters. The van der Waals surface area contributed by atoms with Gasteiger partial charge >= 0.3 is 0 Å². The van der Waals surface area contributed by atoms with E-state index >= 15 is 0 Å². The molecule has 214 valence electrons. The molecule has 1 amide bonds. The van der Waals surface area contributed by atoms with Gasteiger partial charge in [-0.15, -0.1) is 0 Å². The lowest BCUT2D eigenvalue weighted by atomic mass is 9.89. The first-order valence-corrected chi connectivity index (χ1v) is 13.5. The summed E-state index contributed by atoms with van der Waals surface area (Å²) in [6, 6.07) is 12.7. The highest BCUT2D eigenvalue weighted by Crippen LogP contribution is 2.35. The van der Waals surface area contributed by atoms with Gasteiger partial charge in [0.25, 0.3) is 5.91 Å². The summed E-state index contributed by atoms with van der Waals surface area (Å²) in [5.74, 6) is 0.0478. The average Bonchev–Trinajstić information content (AvgIpc) is 3.76. The second-order valence-electron chi connectivity index (χ2n) is 10.6. The number of aromatic nitrogens is 1. The number of carbonyl (C=O) groups is 1. The van der Waals surface area contributed by atoms with Crippen molar-refractivity contribution in [1.29, 1.82) is 0 Å². The van der Waals surface area contributed by atoms with Crippen molar-refractivity contribution in [2.24, 2.45) is 0 Å². The van der Waals surface area contributed by atoms with Crippen molar-refractivity contribution in [2.75, 3.05) is 26.9 Å². The minimum absolute atomic E-state index is 0.0657. The van der Waals surface area contributed by atoms with Gasteiger partial charge in [0, 0.05) is 23.2 Å². The Hall–Kier alpha value is -3.27. The van der Waals surface area contributed by atoms with Gasteiger partial charge in [-0.05, 0) is 87.7 Å². The lowest BCUT2D eigenvalue weighted by Crippen LogP contribution is -2.41. The quantitative estimate of drug-likeness (QED) is 0.264. The molecule has 7 nitrogen and oxygen atoms in total. The van der Waals surface area contributed by atoms with Gasteiger partial charge < -0.3 is 25.2 Å². The predicted octanol–water partition coefficient (Wildman–Crippen LogP) is 5.52. The van der Waals surface area contributed by atoms with Crippen LogP contribution in [0.3, 0.4) is 0 Å². The Balaban J connectivity index is 1.60. The van der Waals surface area contributed by atoms with Gasteiger partial charge in [-0.1, -0.05) is 11.6 Å². The number of aliphatic hydroxyl groups is 1. The first-order valence-electron chi connectivity index (χ1n) is 13.1. The molecule has 0 saturated heterocycles. The highest BCUT2D eigenvalue weighted by atomic mass is 35.5. The predicted molar refractivity (Wildman–Crippen MR) is 150 cm³/mol. The number of carbonyl (C=O) groups excluding carboxylic acids is 1. The van der Waals surface area contributed by atoms with E-state index in [-0.39, 0.29) is 29.9 Å². The summed E-state index contributed by atoms with van der Waals surface area (Å²) in [5.41, 5.74) is 0.00635. The fraction of sp³-hybridized carbons (Fsp3) is 0.400. The van der Waals surface area contributed by atoms with Crippen molar-refractivity contribution in [1.82, 2.24) is 15.6 Å². The maximum atomic E-state index is 13.8. The maximum Gasteiger partial charge on any atom is 0.251 e. The Morgan fingerprint density at radius 3 is 2.52 bits per heavy atom. The number of ether oxygens (including phenoxy) is 2. The van der Waals surface area contributed by atoms with Gasteiger partial charge in [0.15, 0.2) is 11.5 Å². The van der Waals surface area contributed by atoms with E-state index in [1.807, 2.05) is 13.8 Å². The van der Waals surface area contributed by atoms with E-state index < -0.39 is 29.5 Å². The molecule has 40 heavy (non-hydrogen) atoms. The Labute approximate surface area is 237 Å². The van der Waals surface area contributed by atoms with Gasteiger partial charge in [0.05, 0.1) is 36.2 Å². The van der Waals surface area contributed by atoms with Crippen LogP contribution < -0.4 is 20.1 Å². The summed E-state index contributed by atoms with van der Waals surface area (Å²) in [5, 5.41) is 17.3. The molecule has 1 aliphatic carbocycles. The molecule has 1 saturated carbocycles. The number of benzene rings is 2. The number of rotatable bonds is 12. The molecule has 1 unspecified atom stereocenters. The van der Waals surface area contributed by atoms with Gasteiger partial charge in [-0.25, -0.2) is 13.8 Å². The second-order valence-corrected chi connectivity index (χ2v) is 11.0. The summed E-state index contributed by atoms with van der Waals surface area (Å²) < 4.78 is 38.0. The van der Waals surface area contributed by atoms with Gasteiger partial charge in [0.2, 0.25) is 0 Å². The number of nitrogens with zero attached hydrogens (tertiary/aromatic N) is 1. The molecular formula is C30H34ClF2N3O4. The van der Waals surface area contributed by atoms with E-state index in [1.165, 1.54) is 26.2 Å². The van der Waals surface area contributed by atoms with Crippen LogP contribution in [-0.4, -0.2) is 49.0 Å². The van der Waals surface area contributed by atoms with Crippen LogP contribution in [0.2, 0.25) is 5.02 Å². The van der Waals surface area contributed by atoms with E-state index in [2.05, 4.69) is 15.6 Å². The molecule has 4 rings (SSSR count). The number of hydrogen-bond donors (Lipinski definition) is 3. The molecular weight excluding hydrogens is 540 g/mol. The summed E-state index contributed by atoms with van der Waals surface area (Å²) in [6.45, 7) is 4.71. The van der Waals surface area contributed by atoms with Crippen LogP contribution in [0, 0.1) is 5.82 Å². The summed E-state index contributed by atoms with van der Waals surface area (Å²) >= 11 is 6.02. The Bertz CT molecular complexity index is 1380. The van der Waals surface area contributed by atoms with Crippen LogP contribution in [-0.2, 0) is 11.1 Å². The highest BCUT2D eigenvalue weighted by molar-refractivity contribution is 6.31. The van der Waals surface area contributed by atoms with Crippen molar-refractivity contribution in [3.05, 3.63) is 76.2 Å². The Kier molecular flexibility index (Phi) is 8.97. The first kappa shape index (κ1) is 29.7. The third-order valence-electron chi connectivity index (χ3n) is 6.81. The zero-order valence-corrected chi connectivity index (χ0v) is 23.7.